The fourth-order valence-electron chi connectivity index (χ4n) is 1.22. The second-order valence-corrected chi connectivity index (χ2v) is 3.08. The first-order valence-electron chi connectivity index (χ1n) is 4.24. The number of benzene rings is 1. The lowest BCUT2D eigenvalue weighted by Crippen LogP contribution is -1.88. The van der Waals surface area contributed by atoms with E-state index in [0.717, 1.165) is 0 Å². The molecule has 4 heteroatoms. The molecule has 0 saturated carbocycles. The van der Waals surface area contributed by atoms with Crippen molar-refractivity contribution in [2.75, 3.05) is 0 Å². The molecule has 0 amide bonds. The molecule has 0 N–H and O–H groups in total. The predicted octanol–water partition coefficient (Wildman–Crippen LogP) is 2.49. The zero-order valence-corrected chi connectivity index (χ0v) is 7.91. The largest absolute Gasteiger partial charge is 0.334 e. The highest BCUT2D eigenvalue weighted by Crippen LogP contribution is 2.22. The third kappa shape index (κ3) is 1.39. The maximum Gasteiger partial charge on any atom is 0.260 e. The molecule has 1 heterocycles. The highest BCUT2D eigenvalue weighted by atomic mass is 19.1. The molecule has 1 aromatic carbocycles. The van der Waals surface area contributed by atoms with Crippen LogP contribution in [0.1, 0.15) is 11.4 Å². The van der Waals surface area contributed by atoms with E-state index in [0.29, 0.717) is 17.0 Å². The van der Waals surface area contributed by atoms with Crippen molar-refractivity contribution in [2.45, 2.75) is 13.8 Å². The highest BCUT2D eigenvalue weighted by Gasteiger charge is 2.12. The van der Waals surface area contributed by atoms with E-state index in [9.17, 15) is 4.39 Å². The quantitative estimate of drug-likeness (QED) is 0.696. The number of aromatic nitrogens is 2. The Morgan fingerprint density at radius 1 is 1.29 bits per heavy atom. The first kappa shape index (κ1) is 8.87. The Balaban J connectivity index is 2.57. The van der Waals surface area contributed by atoms with Gasteiger partial charge in [0.1, 0.15) is 5.82 Å². The molecule has 14 heavy (non-hydrogen) atoms. The minimum atomic E-state index is -0.309. The Kier molecular flexibility index (Phi) is 2.04. The molecular weight excluding hydrogens is 183 g/mol. The van der Waals surface area contributed by atoms with Crippen molar-refractivity contribution in [1.82, 2.24) is 10.1 Å². The van der Waals surface area contributed by atoms with Crippen LogP contribution < -0.4 is 0 Å². The van der Waals surface area contributed by atoms with Crippen molar-refractivity contribution in [1.29, 1.82) is 0 Å². The van der Waals surface area contributed by atoms with Gasteiger partial charge in [0, 0.05) is 0 Å². The van der Waals surface area contributed by atoms with Crippen molar-refractivity contribution >= 4 is 0 Å². The van der Waals surface area contributed by atoms with Gasteiger partial charge in [0.2, 0.25) is 0 Å². The van der Waals surface area contributed by atoms with Gasteiger partial charge in [0.15, 0.2) is 5.82 Å². The standard InChI is InChI=1S/C10H9FN2O/c1-6-4-3-5-8(9(6)11)10-12-7(2)13-14-10/h3-5H,1-2H3. The molecule has 2 rings (SSSR count). The van der Waals surface area contributed by atoms with E-state index in [1.54, 1.807) is 32.0 Å². The first-order chi connectivity index (χ1) is 6.68. The van der Waals surface area contributed by atoms with Gasteiger partial charge in [-0.25, -0.2) is 4.39 Å². The van der Waals surface area contributed by atoms with Gasteiger partial charge < -0.3 is 4.52 Å². The number of nitrogens with zero attached hydrogens (tertiary/aromatic N) is 2. The van der Waals surface area contributed by atoms with Gasteiger partial charge in [-0.2, -0.15) is 4.98 Å². The summed E-state index contributed by atoms with van der Waals surface area (Å²) in [6.07, 6.45) is 0. The van der Waals surface area contributed by atoms with Gasteiger partial charge in [-0.05, 0) is 25.5 Å². The number of hydrogen-bond donors (Lipinski definition) is 0. The van der Waals surface area contributed by atoms with Crippen molar-refractivity contribution < 1.29 is 8.91 Å². The third-order valence-electron chi connectivity index (χ3n) is 1.95. The van der Waals surface area contributed by atoms with Crippen LogP contribution in [0, 0.1) is 19.7 Å². The summed E-state index contributed by atoms with van der Waals surface area (Å²) in [5.74, 6) is 0.417. The Labute approximate surface area is 80.6 Å². The summed E-state index contributed by atoms with van der Waals surface area (Å²) in [7, 11) is 0. The smallest absolute Gasteiger partial charge is 0.260 e. The van der Waals surface area contributed by atoms with E-state index in [1.807, 2.05) is 0 Å². The molecule has 0 spiro atoms. The second-order valence-electron chi connectivity index (χ2n) is 3.08. The molecule has 0 atom stereocenters. The molecule has 0 aliphatic heterocycles. The van der Waals surface area contributed by atoms with E-state index in [2.05, 4.69) is 10.1 Å². The molecule has 0 aliphatic rings. The van der Waals surface area contributed by atoms with Gasteiger partial charge in [-0.1, -0.05) is 17.3 Å². The zero-order chi connectivity index (χ0) is 10.1. The molecule has 0 aliphatic carbocycles. The summed E-state index contributed by atoms with van der Waals surface area (Å²) in [4.78, 5) is 3.97. The maximum absolute atomic E-state index is 13.6. The molecule has 0 fully saturated rings. The van der Waals surface area contributed by atoms with Crippen LogP contribution in [0.3, 0.4) is 0 Å². The summed E-state index contributed by atoms with van der Waals surface area (Å²) in [6, 6.07) is 5.07. The van der Waals surface area contributed by atoms with Crippen molar-refractivity contribution in [3.05, 3.63) is 35.4 Å². The van der Waals surface area contributed by atoms with Crippen LogP contribution in [0.25, 0.3) is 11.5 Å². The minimum absolute atomic E-state index is 0.226. The average molecular weight is 192 g/mol. The Morgan fingerprint density at radius 3 is 2.71 bits per heavy atom. The van der Waals surface area contributed by atoms with E-state index in [-0.39, 0.29) is 11.7 Å². The number of halogens is 1. The molecule has 3 nitrogen and oxygen atoms in total. The van der Waals surface area contributed by atoms with Crippen LogP contribution in [0.15, 0.2) is 22.7 Å². The number of aryl methyl sites for hydroxylation is 2. The van der Waals surface area contributed by atoms with Crippen molar-refractivity contribution in [2.24, 2.45) is 0 Å². The predicted molar refractivity (Wildman–Crippen MR) is 49.2 cm³/mol. The van der Waals surface area contributed by atoms with Gasteiger partial charge in [-0.15, -0.1) is 0 Å². The lowest BCUT2D eigenvalue weighted by atomic mass is 10.1. The van der Waals surface area contributed by atoms with Crippen LogP contribution in [-0.2, 0) is 0 Å². The third-order valence-corrected chi connectivity index (χ3v) is 1.95. The number of rotatable bonds is 1. The van der Waals surface area contributed by atoms with E-state index in [1.165, 1.54) is 0 Å². The van der Waals surface area contributed by atoms with E-state index < -0.39 is 0 Å². The average Bonchev–Trinajstić information content (AvgIpc) is 2.57. The fraction of sp³-hybridized carbons (Fsp3) is 0.200. The Hall–Kier alpha value is -1.71. The van der Waals surface area contributed by atoms with Crippen molar-refractivity contribution in [3.63, 3.8) is 0 Å². The van der Waals surface area contributed by atoms with E-state index >= 15 is 0 Å². The van der Waals surface area contributed by atoms with Crippen LogP contribution in [-0.4, -0.2) is 10.1 Å². The summed E-state index contributed by atoms with van der Waals surface area (Å²) in [5, 5.41) is 3.61. The molecule has 0 unspecified atom stereocenters. The molecule has 2 aromatic rings. The van der Waals surface area contributed by atoms with Gasteiger partial charge >= 0.3 is 0 Å². The maximum atomic E-state index is 13.6. The normalized spacial score (nSPS) is 10.5. The van der Waals surface area contributed by atoms with Crippen LogP contribution >= 0.6 is 0 Å². The van der Waals surface area contributed by atoms with Gasteiger partial charge in [0.25, 0.3) is 5.89 Å². The molecule has 0 saturated heterocycles. The Morgan fingerprint density at radius 2 is 2.07 bits per heavy atom. The van der Waals surface area contributed by atoms with Gasteiger partial charge in [-0.3, -0.25) is 0 Å². The highest BCUT2D eigenvalue weighted by molar-refractivity contribution is 5.55. The van der Waals surface area contributed by atoms with Crippen LogP contribution in [0.4, 0.5) is 4.39 Å². The molecular formula is C10H9FN2O. The first-order valence-corrected chi connectivity index (χ1v) is 4.24. The van der Waals surface area contributed by atoms with Crippen molar-refractivity contribution in [3.8, 4) is 11.5 Å². The molecule has 0 radical (unpaired) electrons. The second kappa shape index (κ2) is 3.21. The summed E-state index contributed by atoms with van der Waals surface area (Å²) < 4.78 is 18.5. The molecule has 0 bridgehead atoms. The summed E-state index contributed by atoms with van der Waals surface area (Å²) in [6.45, 7) is 3.39. The lowest BCUT2D eigenvalue weighted by Gasteiger charge is -1.99. The molecule has 72 valence electrons. The van der Waals surface area contributed by atoms with Gasteiger partial charge in [0.05, 0.1) is 5.56 Å². The minimum Gasteiger partial charge on any atom is -0.334 e. The fourth-order valence-corrected chi connectivity index (χ4v) is 1.22. The summed E-state index contributed by atoms with van der Waals surface area (Å²) in [5.41, 5.74) is 0.920. The lowest BCUT2D eigenvalue weighted by molar-refractivity contribution is 0.423. The SMILES string of the molecule is Cc1noc(-c2cccc(C)c2F)n1. The molecule has 1 aromatic heterocycles. The summed E-state index contributed by atoms with van der Waals surface area (Å²) >= 11 is 0. The van der Waals surface area contributed by atoms with Crippen LogP contribution in [0.5, 0.6) is 0 Å². The Bertz CT molecular complexity index is 465. The van der Waals surface area contributed by atoms with Crippen LogP contribution in [0.2, 0.25) is 0 Å². The topological polar surface area (TPSA) is 38.9 Å². The number of hydrogen-bond acceptors (Lipinski definition) is 3. The van der Waals surface area contributed by atoms with E-state index in [4.69, 9.17) is 4.52 Å². The monoisotopic (exact) mass is 192 g/mol. The zero-order valence-electron chi connectivity index (χ0n) is 7.91.